The van der Waals surface area contributed by atoms with E-state index in [1.807, 2.05) is 19.2 Å². The van der Waals surface area contributed by atoms with Crippen molar-refractivity contribution in [3.63, 3.8) is 0 Å². The first-order chi connectivity index (χ1) is 14.6. The third-order valence-corrected chi connectivity index (χ3v) is 5.50. The fourth-order valence-corrected chi connectivity index (χ4v) is 3.72. The quantitative estimate of drug-likeness (QED) is 0.589. The first-order valence-electron chi connectivity index (χ1n) is 10.2. The average Bonchev–Trinajstić information content (AvgIpc) is 3.22. The Hall–Kier alpha value is -2.77. The maximum Gasteiger partial charge on any atom is 0.151 e. The second-order valence-electron chi connectivity index (χ2n) is 7.70. The second-order valence-corrected chi connectivity index (χ2v) is 7.70. The Bertz CT molecular complexity index is 952. The van der Waals surface area contributed by atoms with Crippen molar-refractivity contribution in [1.29, 1.82) is 0 Å². The maximum atomic E-state index is 13.9. The van der Waals surface area contributed by atoms with Crippen LogP contribution < -0.4 is 4.90 Å². The molecule has 4 rings (SSSR count). The summed E-state index contributed by atoms with van der Waals surface area (Å²) in [5.41, 5.74) is 2.05. The molecule has 0 bridgehead atoms. The largest absolute Gasteiger partial charge is 0.369 e. The Morgan fingerprint density at radius 3 is 2.47 bits per heavy atom. The number of hydrogen-bond donors (Lipinski definition) is 0. The van der Waals surface area contributed by atoms with E-state index in [1.165, 1.54) is 18.2 Å². The van der Waals surface area contributed by atoms with Gasteiger partial charge in [0.2, 0.25) is 0 Å². The van der Waals surface area contributed by atoms with Gasteiger partial charge in [-0.1, -0.05) is 17.3 Å². The molecule has 0 radical (unpaired) electrons. The van der Waals surface area contributed by atoms with Crippen molar-refractivity contribution in [1.82, 2.24) is 15.0 Å². The molecular weight excluding hydrogens is 386 g/mol. The summed E-state index contributed by atoms with van der Waals surface area (Å²) in [6, 6.07) is 15.1. The number of aromatic nitrogens is 1. The Labute approximate surface area is 175 Å². The summed E-state index contributed by atoms with van der Waals surface area (Å²) < 4.78 is 32.4. The van der Waals surface area contributed by atoms with Gasteiger partial charge >= 0.3 is 0 Å². The van der Waals surface area contributed by atoms with E-state index in [0.717, 1.165) is 50.7 Å². The van der Waals surface area contributed by atoms with Crippen molar-refractivity contribution in [2.75, 3.05) is 51.2 Å². The van der Waals surface area contributed by atoms with E-state index in [4.69, 9.17) is 4.52 Å². The van der Waals surface area contributed by atoms with E-state index in [1.54, 1.807) is 24.3 Å². The minimum absolute atomic E-state index is 0.201. The monoisotopic (exact) mass is 412 g/mol. The fourth-order valence-electron chi connectivity index (χ4n) is 3.72. The van der Waals surface area contributed by atoms with Crippen LogP contribution in [0.3, 0.4) is 0 Å². The lowest BCUT2D eigenvalue weighted by Crippen LogP contribution is -2.48. The van der Waals surface area contributed by atoms with Crippen LogP contribution in [-0.4, -0.2) is 61.3 Å². The molecule has 0 aliphatic carbocycles. The summed E-state index contributed by atoms with van der Waals surface area (Å²) in [7, 11) is 2.04. The molecule has 3 aromatic rings. The Balaban J connectivity index is 1.23. The van der Waals surface area contributed by atoms with Crippen molar-refractivity contribution in [3.8, 4) is 11.3 Å². The number of anilines is 1. The molecule has 7 heteroatoms. The van der Waals surface area contributed by atoms with Gasteiger partial charge in [0.15, 0.2) is 5.76 Å². The number of hydrogen-bond acceptors (Lipinski definition) is 5. The minimum atomic E-state index is -0.300. The van der Waals surface area contributed by atoms with E-state index in [-0.39, 0.29) is 11.6 Å². The van der Waals surface area contributed by atoms with Gasteiger partial charge in [-0.05, 0) is 43.4 Å². The molecule has 1 aliphatic heterocycles. The summed E-state index contributed by atoms with van der Waals surface area (Å²) in [6.07, 6.45) is 0. The van der Waals surface area contributed by atoms with E-state index in [2.05, 4.69) is 19.9 Å². The third-order valence-electron chi connectivity index (χ3n) is 5.50. The van der Waals surface area contributed by atoms with Crippen molar-refractivity contribution in [2.45, 2.75) is 6.54 Å². The number of likely N-dealkylation sites (N-methyl/N-ethyl adjacent to an activating group) is 1. The van der Waals surface area contributed by atoms with Crippen LogP contribution in [-0.2, 0) is 6.54 Å². The highest BCUT2D eigenvalue weighted by Gasteiger charge is 2.18. The number of nitrogens with zero attached hydrogens (tertiary/aromatic N) is 4. The summed E-state index contributed by atoms with van der Waals surface area (Å²) in [5, 5.41) is 4.01. The Morgan fingerprint density at radius 2 is 1.73 bits per heavy atom. The Morgan fingerprint density at radius 1 is 1.00 bits per heavy atom. The number of halogens is 2. The maximum absolute atomic E-state index is 13.9. The highest BCUT2D eigenvalue weighted by Crippen LogP contribution is 2.22. The zero-order chi connectivity index (χ0) is 20.9. The molecule has 5 nitrogen and oxygen atoms in total. The molecule has 0 spiro atoms. The van der Waals surface area contributed by atoms with Crippen molar-refractivity contribution >= 4 is 5.69 Å². The van der Waals surface area contributed by atoms with Gasteiger partial charge in [-0.25, -0.2) is 8.78 Å². The van der Waals surface area contributed by atoms with Gasteiger partial charge in [0, 0.05) is 56.6 Å². The minimum Gasteiger partial charge on any atom is -0.369 e. The number of rotatable bonds is 7. The van der Waals surface area contributed by atoms with Crippen molar-refractivity contribution < 1.29 is 13.3 Å². The van der Waals surface area contributed by atoms with Crippen LogP contribution in [0.15, 0.2) is 59.1 Å². The number of benzene rings is 2. The fraction of sp³-hybridized carbons (Fsp3) is 0.348. The van der Waals surface area contributed by atoms with Gasteiger partial charge in [0.1, 0.15) is 17.3 Å². The first kappa shape index (κ1) is 20.5. The van der Waals surface area contributed by atoms with Gasteiger partial charge in [-0.15, -0.1) is 0 Å². The van der Waals surface area contributed by atoms with Crippen LogP contribution in [0.1, 0.15) is 5.76 Å². The lowest BCUT2D eigenvalue weighted by molar-refractivity contribution is 0.202. The predicted octanol–water partition coefficient (Wildman–Crippen LogP) is 3.87. The van der Waals surface area contributed by atoms with E-state index in [0.29, 0.717) is 17.8 Å². The first-order valence-corrected chi connectivity index (χ1v) is 10.2. The van der Waals surface area contributed by atoms with E-state index in [9.17, 15) is 8.78 Å². The van der Waals surface area contributed by atoms with E-state index >= 15 is 0 Å². The average molecular weight is 412 g/mol. The second kappa shape index (κ2) is 9.36. The molecular formula is C23H26F2N4O. The molecule has 2 aromatic carbocycles. The summed E-state index contributed by atoms with van der Waals surface area (Å²) in [6.45, 7) is 6.30. The van der Waals surface area contributed by atoms with Crippen LogP contribution in [0.2, 0.25) is 0 Å². The summed E-state index contributed by atoms with van der Waals surface area (Å²) in [4.78, 5) is 6.90. The standard InChI is InChI=1S/C23H26F2N4O/c1-27(17-20-16-23(26-30-20)21-4-2-3-5-22(21)25)10-11-28-12-14-29(15-13-28)19-8-6-18(24)7-9-19/h2-9,16H,10-15,17H2,1H3. The molecule has 0 saturated carbocycles. The highest BCUT2D eigenvalue weighted by atomic mass is 19.1. The molecule has 1 aromatic heterocycles. The lowest BCUT2D eigenvalue weighted by atomic mass is 10.1. The lowest BCUT2D eigenvalue weighted by Gasteiger charge is -2.36. The molecule has 30 heavy (non-hydrogen) atoms. The molecule has 0 atom stereocenters. The summed E-state index contributed by atoms with van der Waals surface area (Å²) >= 11 is 0. The van der Waals surface area contributed by atoms with Crippen LogP contribution >= 0.6 is 0 Å². The molecule has 158 valence electrons. The van der Waals surface area contributed by atoms with Crippen molar-refractivity contribution in [3.05, 3.63) is 72.0 Å². The molecule has 2 heterocycles. The normalized spacial score (nSPS) is 15.1. The molecule has 0 amide bonds. The molecule has 1 saturated heterocycles. The molecule has 1 aliphatic rings. The zero-order valence-electron chi connectivity index (χ0n) is 17.1. The van der Waals surface area contributed by atoms with Crippen molar-refractivity contribution in [2.24, 2.45) is 0 Å². The molecule has 0 unspecified atom stereocenters. The van der Waals surface area contributed by atoms with Gasteiger partial charge in [0.25, 0.3) is 0 Å². The van der Waals surface area contributed by atoms with Gasteiger partial charge in [0.05, 0.1) is 6.54 Å². The number of piperazine rings is 1. The van der Waals surface area contributed by atoms with Gasteiger partial charge < -0.3 is 9.42 Å². The molecule has 0 N–H and O–H groups in total. The van der Waals surface area contributed by atoms with E-state index < -0.39 is 0 Å². The zero-order valence-corrected chi connectivity index (χ0v) is 17.1. The van der Waals surface area contributed by atoms with Gasteiger partial charge in [-0.2, -0.15) is 0 Å². The Kier molecular flexibility index (Phi) is 6.40. The highest BCUT2D eigenvalue weighted by molar-refractivity contribution is 5.59. The van der Waals surface area contributed by atoms with Gasteiger partial charge in [-0.3, -0.25) is 9.80 Å². The topological polar surface area (TPSA) is 35.8 Å². The predicted molar refractivity (Wildman–Crippen MR) is 113 cm³/mol. The van der Waals surface area contributed by atoms with Crippen LogP contribution in [0.5, 0.6) is 0 Å². The molecule has 1 fully saturated rings. The van der Waals surface area contributed by atoms with Crippen LogP contribution in [0, 0.1) is 11.6 Å². The third kappa shape index (κ3) is 5.04. The van der Waals surface area contributed by atoms with Crippen LogP contribution in [0.4, 0.5) is 14.5 Å². The smallest absolute Gasteiger partial charge is 0.151 e. The SMILES string of the molecule is CN(CCN1CCN(c2ccc(F)cc2)CC1)Cc1cc(-c2ccccc2F)no1. The summed E-state index contributed by atoms with van der Waals surface area (Å²) in [5.74, 6) is 0.218. The van der Waals surface area contributed by atoms with Crippen LogP contribution in [0.25, 0.3) is 11.3 Å².